The summed E-state index contributed by atoms with van der Waals surface area (Å²) in [4.78, 5) is 21.7. The lowest BCUT2D eigenvalue weighted by Gasteiger charge is -2.11. The molecule has 0 saturated carbocycles. The second-order valence-corrected chi connectivity index (χ2v) is 6.38. The first-order valence-corrected chi connectivity index (χ1v) is 9.05. The van der Waals surface area contributed by atoms with Crippen LogP contribution in [0.25, 0.3) is 22.2 Å². The summed E-state index contributed by atoms with van der Waals surface area (Å²) in [6.07, 6.45) is 2.37. The molecule has 4 aromatic rings. The van der Waals surface area contributed by atoms with E-state index in [-0.39, 0.29) is 11.7 Å². The van der Waals surface area contributed by atoms with E-state index in [0.29, 0.717) is 35.3 Å². The number of halogens is 1. The molecule has 5 heteroatoms. The number of pyridine rings is 2. The van der Waals surface area contributed by atoms with Crippen LogP contribution < -0.4 is 5.32 Å². The van der Waals surface area contributed by atoms with Gasteiger partial charge < -0.3 is 5.32 Å². The van der Waals surface area contributed by atoms with Crippen LogP contribution in [0, 0.1) is 5.82 Å². The first-order valence-electron chi connectivity index (χ1n) is 9.05. The molecule has 0 unspecified atom stereocenters. The number of carbonyl (C=O) groups excluding carboxylic acids is 1. The Hall–Kier alpha value is -3.60. The normalized spacial score (nSPS) is 10.8. The lowest BCUT2D eigenvalue weighted by molar-refractivity contribution is 0.0955. The molecule has 28 heavy (non-hydrogen) atoms. The minimum atomic E-state index is -0.369. The van der Waals surface area contributed by atoms with Gasteiger partial charge in [0.1, 0.15) is 5.82 Å². The molecule has 4 rings (SSSR count). The number of aromatic nitrogens is 2. The predicted molar refractivity (Wildman–Crippen MR) is 107 cm³/mol. The van der Waals surface area contributed by atoms with Gasteiger partial charge in [-0.3, -0.25) is 9.78 Å². The van der Waals surface area contributed by atoms with E-state index in [1.54, 1.807) is 30.5 Å². The monoisotopic (exact) mass is 371 g/mol. The molecule has 0 atom stereocenters. The number of hydrogen-bond acceptors (Lipinski definition) is 3. The van der Waals surface area contributed by atoms with E-state index in [0.717, 1.165) is 11.1 Å². The number of nitrogens with one attached hydrogen (secondary N) is 1. The number of nitrogens with zero attached hydrogens (tertiary/aromatic N) is 2. The van der Waals surface area contributed by atoms with Crippen molar-refractivity contribution < 1.29 is 9.18 Å². The Morgan fingerprint density at radius 1 is 0.964 bits per heavy atom. The summed E-state index contributed by atoms with van der Waals surface area (Å²) >= 11 is 0. The van der Waals surface area contributed by atoms with Crippen molar-refractivity contribution in [1.82, 2.24) is 15.3 Å². The van der Waals surface area contributed by atoms with Crippen molar-refractivity contribution in [3.05, 3.63) is 96.1 Å². The highest BCUT2D eigenvalue weighted by atomic mass is 19.1. The second kappa shape index (κ2) is 7.96. The number of benzene rings is 2. The maximum absolute atomic E-state index is 14.3. The van der Waals surface area contributed by atoms with Crippen LogP contribution >= 0.6 is 0 Å². The van der Waals surface area contributed by atoms with Crippen LogP contribution in [-0.4, -0.2) is 22.4 Å². The fourth-order valence-electron chi connectivity index (χ4n) is 3.12. The Bertz CT molecular complexity index is 1130. The number of carbonyl (C=O) groups is 1. The summed E-state index contributed by atoms with van der Waals surface area (Å²) < 4.78 is 14.3. The van der Waals surface area contributed by atoms with E-state index in [9.17, 15) is 9.18 Å². The van der Waals surface area contributed by atoms with E-state index in [1.807, 2.05) is 42.5 Å². The molecule has 0 bridgehead atoms. The zero-order chi connectivity index (χ0) is 19.3. The minimum absolute atomic E-state index is 0.216. The van der Waals surface area contributed by atoms with Crippen LogP contribution in [0.4, 0.5) is 4.39 Å². The van der Waals surface area contributed by atoms with Gasteiger partial charge in [-0.2, -0.15) is 0 Å². The molecular formula is C23H18FN3O. The third kappa shape index (κ3) is 3.74. The topological polar surface area (TPSA) is 54.9 Å². The first kappa shape index (κ1) is 17.8. The van der Waals surface area contributed by atoms with E-state index in [1.165, 1.54) is 6.07 Å². The predicted octanol–water partition coefficient (Wildman–Crippen LogP) is 4.41. The number of amides is 1. The quantitative estimate of drug-likeness (QED) is 0.565. The molecule has 2 heterocycles. The van der Waals surface area contributed by atoms with Gasteiger partial charge in [0.05, 0.1) is 16.8 Å². The highest BCUT2D eigenvalue weighted by Crippen LogP contribution is 2.26. The van der Waals surface area contributed by atoms with Gasteiger partial charge in [0.25, 0.3) is 5.91 Å². The number of hydrogen-bond donors (Lipinski definition) is 1. The third-order valence-corrected chi connectivity index (χ3v) is 4.50. The average molecular weight is 371 g/mol. The summed E-state index contributed by atoms with van der Waals surface area (Å²) in [5, 5.41) is 3.67. The fraction of sp³-hybridized carbons (Fsp3) is 0.0870. The third-order valence-electron chi connectivity index (χ3n) is 4.50. The highest BCUT2D eigenvalue weighted by Gasteiger charge is 2.15. The van der Waals surface area contributed by atoms with Crippen molar-refractivity contribution in [2.45, 2.75) is 6.42 Å². The summed E-state index contributed by atoms with van der Waals surface area (Å²) in [5.41, 5.74) is 2.85. The van der Waals surface area contributed by atoms with Gasteiger partial charge in [-0.1, -0.05) is 36.4 Å². The van der Waals surface area contributed by atoms with Crippen LogP contribution in [0.5, 0.6) is 0 Å². The lowest BCUT2D eigenvalue weighted by atomic mass is 10.0. The molecule has 1 amide bonds. The highest BCUT2D eigenvalue weighted by molar-refractivity contribution is 6.07. The summed E-state index contributed by atoms with van der Waals surface area (Å²) in [6.45, 7) is 0.460. The Balaban J connectivity index is 1.65. The molecule has 0 fully saturated rings. The molecule has 0 spiro atoms. The molecule has 1 N–H and O–H groups in total. The maximum Gasteiger partial charge on any atom is 0.252 e. The first-order chi connectivity index (χ1) is 13.7. The fourth-order valence-corrected chi connectivity index (χ4v) is 3.12. The Morgan fingerprint density at radius 3 is 2.57 bits per heavy atom. The van der Waals surface area contributed by atoms with Gasteiger partial charge in [-0.15, -0.1) is 0 Å². The standard InChI is InChI=1S/C23H18FN3O/c24-20-10-3-1-9-18(20)22-15-19(17-8-2-4-11-21(17)27-22)23(28)26-14-12-16-7-5-6-13-25-16/h1-11,13,15H,12,14H2,(H,26,28). The molecule has 2 aromatic heterocycles. The molecule has 0 radical (unpaired) electrons. The molecule has 2 aromatic carbocycles. The van der Waals surface area contributed by atoms with Gasteiger partial charge in [-0.25, -0.2) is 9.37 Å². The Kier molecular flexibility index (Phi) is 5.06. The van der Waals surface area contributed by atoms with Gasteiger partial charge in [0, 0.05) is 35.8 Å². The van der Waals surface area contributed by atoms with Crippen molar-refractivity contribution in [3.63, 3.8) is 0 Å². The van der Waals surface area contributed by atoms with Crippen LogP contribution in [0.1, 0.15) is 16.1 Å². The largest absolute Gasteiger partial charge is 0.352 e. The van der Waals surface area contributed by atoms with E-state index in [2.05, 4.69) is 15.3 Å². The van der Waals surface area contributed by atoms with Crippen molar-refractivity contribution in [3.8, 4) is 11.3 Å². The molecule has 138 valence electrons. The number of para-hydroxylation sites is 1. The molecule has 0 aliphatic rings. The molecular weight excluding hydrogens is 353 g/mol. The van der Waals surface area contributed by atoms with Gasteiger partial charge in [0.2, 0.25) is 0 Å². The molecule has 0 aliphatic heterocycles. The average Bonchev–Trinajstić information content (AvgIpc) is 2.74. The van der Waals surface area contributed by atoms with E-state index >= 15 is 0 Å². The number of fused-ring (bicyclic) bond motifs is 1. The van der Waals surface area contributed by atoms with Crippen LogP contribution in [0.2, 0.25) is 0 Å². The Labute approximate surface area is 162 Å². The molecule has 0 aliphatic carbocycles. The van der Waals surface area contributed by atoms with E-state index in [4.69, 9.17) is 0 Å². The second-order valence-electron chi connectivity index (χ2n) is 6.38. The zero-order valence-corrected chi connectivity index (χ0v) is 15.1. The minimum Gasteiger partial charge on any atom is -0.352 e. The van der Waals surface area contributed by atoms with Crippen LogP contribution in [-0.2, 0) is 6.42 Å². The molecule has 4 nitrogen and oxygen atoms in total. The van der Waals surface area contributed by atoms with Crippen LogP contribution in [0.3, 0.4) is 0 Å². The van der Waals surface area contributed by atoms with Crippen molar-refractivity contribution in [1.29, 1.82) is 0 Å². The Morgan fingerprint density at radius 2 is 1.75 bits per heavy atom. The smallest absolute Gasteiger partial charge is 0.252 e. The maximum atomic E-state index is 14.3. The molecule has 0 saturated heterocycles. The van der Waals surface area contributed by atoms with Crippen molar-refractivity contribution in [2.24, 2.45) is 0 Å². The van der Waals surface area contributed by atoms with Gasteiger partial charge in [-0.05, 0) is 36.4 Å². The summed E-state index contributed by atoms with van der Waals surface area (Å²) in [5.74, 6) is -0.584. The number of rotatable bonds is 5. The SMILES string of the molecule is O=C(NCCc1ccccn1)c1cc(-c2ccccc2F)nc2ccccc12. The summed E-state index contributed by atoms with van der Waals surface area (Å²) in [7, 11) is 0. The van der Waals surface area contributed by atoms with Crippen molar-refractivity contribution in [2.75, 3.05) is 6.54 Å². The summed E-state index contributed by atoms with van der Waals surface area (Å²) in [6, 6.07) is 21.2. The van der Waals surface area contributed by atoms with Crippen molar-refractivity contribution >= 4 is 16.8 Å². The van der Waals surface area contributed by atoms with Crippen LogP contribution in [0.15, 0.2) is 79.0 Å². The van der Waals surface area contributed by atoms with Gasteiger partial charge >= 0.3 is 0 Å². The lowest BCUT2D eigenvalue weighted by Crippen LogP contribution is -2.26. The van der Waals surface area contributed by atoms with E-state index < -0.39 is 0 Å². The zero-order valence-electron chi connectivity index (χ0n) is 15.1. The van der Waals surface area contributed by atoms with Gasteiger partial charge in [0.15, 0.2) is 0 Å².